The summed E-state index contributed by atoms with van der Waals surface area (Å²) in [6, 6.07) is 0. The summed E-state index contributed by atoms with van der Waals surface area (Å²) in [5.41, 5.74) is 1.11. The molecule has 0 saturated carbocycles. The molecule has 6 nitrogen and oxygen atoms in total. The van der Waals surface area contributed by atoms with Crippen molar-refractivity contribution in [3.8, 4) is 0 Å². The minimum atomic E-state index is -1.23. The largest absolute Gasteiger partial charge is 0.387 e. The lowest BCUT2D eigenvalue weighted by molar-refractivity contribution is -0.276. The normalized spacial score (nSPS) is 24.6. The van der Waals surface area contributed by atoms with Crippen molar-refractivity contribution in [2.45, 2.75) is 24.7 Å². The maximum Gasteiger partial charge on any atom is 0.244 e. The first-order valence-corrected chi connectivity index (χ1v) is 4.35. The lowest BCUT2D eigenvalue weighted by Crippen LogP contribution is -2.47. The molecule has 6 heteroatoms. The number of aryl methyl sites for hydroxylation is 1. The topological polar surface area (TPSA) is 77.6 Å². The average molecular weight is 200 g/mol. The molecule has 1 heterocycles. The summed E-state index contributed by atoms with van der Waals surface area (Å²) < 4.78 is 15.0. The third-order valence-electron chi connectivity index (χ3n) is 2.59. The molecule has 0 radical (unpaired) electrons. The number of ether oxygens (including phenoxy) is 2. The molecule has 0 bridgehead atoms. The fourth-order valence-corrected chi connectivity index (χ4v) is 1.81. The molecule has 0 unspecified atom stereocenters. The Kier molecular flexibility index (Phi) is 2.26. The van der Waals surface area contributed by atoms with Crippen LogP contribution in [0.5, 0.6) is 0 Å². The highest BCUT2D eigenvalue weighted by molar-refractivity contribution is 5.20. The fourth-order valence-electron chi connectivity index (χ4n) is 1.81. The Morgan fingerprint density at radius 2 is 2.14 bits per heavy atom. The standard InChI is InChI=1S/C8H12N2O4/c1-12-8(13-2)6(11)4-3-5-7(8)10-14-9-5/h6,11H,3-4H2,1-2H3/t6-/m0/s1. The average Bonchev–Trinajstić information content (AvgIpc) is 2.67. The first kappa shape index (κ1) is 9.57. The lowest BCUT2D eigenvalue weighted by atomic mass is 9.92. The van der Waals surface area contributed by atoms with Gasteiger partial charge in [0, 0.05) is 14.2 Å². The van der Waals surface area contributed by atoms with Gasteiger partial charge in [-0.1, -0.05) is 5.16 Å². The van der Waals surface area contributed by atoms with Crippen molar-refractivity contribution >= 4 is 0 Å². The highest BCUT2D eigenvalue weighted by Crippen LogP contribution is 2.36. The van der Waals surface area contributed by atoms with Crippen LogP contribution in [0.3, 0.4) is 0 Å². The van der Waals surface area contributed by atoms with Gasteiger partial charge >= 0.3 is 0 Å². The maximum absolute atomic E-state index is 9.83. The van der Waals surface area contributed by atoms with Crippen LogP contribution in [0.1, 0.15) is 17.8 Å². The first-order valence-electron chi connectivity index (χ1n) is 4.35. The van der Waals surface area contributed by atoms with E-state index in [2.05, 4.69) is 14.9 Å². The number of aliphatic hydroxyl groups is 1. The van der Waals surface area contributed by atoms with Crippen molar-refractivity contribution in [1.29, 1.82) is 0 Å². The summed E-state index contributed by atoms with van der Waals surface area (Å²) in [5, 5.41) is 17.3. The van der Waals surface area contributed by atoms with Crippen molar-refractivity contribution in [2.24, 2.45) is 0 Å². The van der Waals surface area contributed by atoms with E-state index in [1.165, 1.54) is 14.2 Å². The molecule has 1 atom stereocenters. The molecule has 14 heavy (non-hydrogen) atoms. The molecule has 78 valence electrons. The molecular weight excluding hydrogens is 188 g/mol. The number of methoxy groups -OCH3 is 2. The van der Waals surface area contributed by atoms with Crippen molar-refractivity contribution < 1.29 is 19.2 Å². The Morgan fingerprint density at radius 3 is 2.79 bits per heavy atom. The van der Waals surface area contributed by atoms with E-state index in [0.717, 1.165) is 0 Å². The summed E-state index contributed by atoms with van der Waals surface area (Å²) in [6.07, 6.45) is 0.383. The molecule has 2 rings (SSSR count). The fraction of sp³-hybridized carbons (Fsp3) is 0.750. The Hall–Kier alpha value is -0.980. The van der Waals surface area contributed by atoms with Crippen LogP contribution in [-0.4, -0.2) is 35.7 Å². The molecule has 1 N–H and O–H groups in total. The molecule has 1 aromatic rings. The Balaban J connectivity index is 2.49. The highest BCUT2D eigenvalue weighted by Gasteiger charge is 2.48. The van der Waals surface area contributed by atoms with E-state index in [-0.39, 0.29) is 0 Å². The number of hydrogen-bond donors (Lipinski definition) is 1. The van der Waals surface area contributed by atoms with E-state index < -0.39 is 11.9 Å². The van der Waals surface area contributed by atoms with Gasteiger partial charge in [0.1, 0.15) is 11.8 Å². The van der Waals surface area contributed by atoms with Gasteiger partial charge in [-0.15, -0.1) is 0 Å². The smallest absolute Gasteiger partial charge is 0.244 e. The van der Waals surface area contributed by atoms with Crippen molar-refractivity contribution in [3.63, 3.8) is 0 Å². The molecule has 1 aromatic heterocycles. The predicted molar refractivity (Wildman–Crippen MR) is 44.3 cm³/mol. The number of nitrogens with zero attached hydrogens (tertiary/aromatic N) is 2. The van der Waals surface area contributed by atoms with Gasteiger partial charge in [-0.05, 0) is 18.0 Å². The van der Waals surface area contributed by atoms with Crippen LogP contribution in [0, 0.1) is 0 Å². The summed E-state index contributed by atoms with van der Waals surface area (Å²) in [6.45, 7) is 0. The quantitative estimate of drug-likeness (QED) is 0.667. The molecule has 0 amide bonds. The van der Waals surface area contributed by atoms with Gasteiger partial charge in [-0.25, -0.2) is 4.63 Å². The van der Waals surface area contributed by atoms with Gasteiger partial charge in [0.05, 0.1) is 0 Å². The molecule has 0 saturated heterocycles. The van der Waals surface area contributed by atoms with Gasteiger partial charge in [-0.3, -0.25) is 0 Å². The summed E-state index contributed by atoms with van der Waals surface area (Å²) in [4.78, 5) is 0. The zero-order valence-corrected chi connectivity index (χ0v) is 8.06. The Labute approximate surface area is 80.8 Å². The van der Waals surface area contributed by atoms with Gasteiger partial charge < -0.3 is 14.6 Å². The van der Waals surface area contributed by atoms with E-state index in [4.69, 9.17) is 9.47 Å². The van der Waals surface area contributed by atoms with E-state index >= 15 is 0 Å². The van der Waals surface area contributed by atoms with Crippen LogP contribution < -0.4 is 0 Å². The number of aromatic nitrogens is 2. The number of aliphatic hydroxyl groups excluding tert-OH is 1. The number of hydrogen-bond acceptors (Lipinski definition) is 6. The monoisotopic (exact) mass is 200 g/mol. The third kappa shape index (κ3) is 1.08. The SMILES string of the molecule is COC1(OC)c2nonc2CC[C@@H]1O. The molecule has 1 aliphatic rings. The van der Waals surface area contributed by atoms with Gasteiger partial charge in [-0.2, -0.15) is 0 Å². The second-order valence-electron chi connectivity index (χ2n) is 3.19. The van der Waals surface area contributed by atoms with Gasteiger partial charge in [0.2, 0.25) is 5.79 Å². The molecule has 1 aliphatic carbocycles. The second-order valence-corrected chi connectivity index (χ2v) is 3.19. The van der Waals surface area contributed by atoms with Crippen LogP contribution in [0.4, 0.5) is 0 Å². The molecule has 0 aliphatic heterocycles. The van der Waals surface area contributed by atoms with Crippen molar-refractivity contribution in [3.05, 3.63) is 11.4 Å². The van der Waals surface area contributed by atoms with Gasteiger partial charge in [0.25, 0.3) is 0 Å². The molecule has 0 aromatic carbocycles. The van der Waals surface area contributed by atoms with E-state index in [9.17, 15) is 5.11 Å². The minimum Gasteiger partial charge on any atom is -0.387 e. The summed E-state index contributed by atoms with van der Waals surface area (Å²) >= 11 is 0. The molecular formula is C8H12N2O4. The Bertz CT molecular complexity index is 321. The van der Waals surface area contributed by atoms with Crippen LogP contribution in [0.25, 0.3) is 0 Å². The minimum absolute atomic E-state index is 0.432. The van der Waals surface area contributed by atoms with E-state index in [1.807, 2.05) is 0 Å². The van der Waals surface area contributed by atoms with Crippen molar-refractivity contribution in [1.82, 2.24) is 10.3 Å². The van der Waals surface area contributed by atoms with Crippen LogP contribution in [0.15, 0.2) is 4.63 Å². The predicted octanol–water partition coefficient (Wildman–Crippen LogP) is -0.178. The molecule has 0 spiro atoms. The number of fused-ring (bicyclic) bond motifs is 1. The zero-order chi connectivity index (χ0) is 10.2. The van der Waals surface area contributed by atoms with E-state index in [0.29, 0.717) is 24.2 Å². The van der Waals surface area contributed by atoms with Gasteiger partial charge in [0.15, 0.2) is 5.69 Å². The highest BCUT2D eigenvalue weighted by atomic mass is 16.7. The van der Waals surface area contributed by atoms with Crippen LogP contribution in [0.2, 0.25) is 0 Å². The first-order chi connectivity index (χ1) is 6.74. The zero-order valence-electron chi connectivity index (χ0n) is 8.06. The summed E-state index contributed by atoms with van der Waals surface area (Å²) in [7, 11) is 2.91. The molecule has 0 fully saturated rings. The number of rotatable bonds is 2. The maximum atomic E-state index is 9.83. The summed E-state index contributed by atoms with van der Waals surface area (Å²) in [5.74, 6) is -1.23. The lowest BCUT2D eigenvalue weighted by Gasteiger charge is -2.36. The van der Waals surface area contributed by atoms with Crippen LogP contribution in [-0.2, 0) is 21.7 Å². The Morgan fingerprint density at radius 1 is 1.43 bits per heavy atom. The van der Waals surface area contributed by atoms with Crippen LogP contribution >= 0.6 is 0 Å². The van der Waals surface area contributed by atoms with E-state index in [1.54, 1.807) is 0 Å². The van der Waals surface area contributed by atoms with Crippen molar-refractivity contribution in [2.75, 3.05) is 14.2 Å². The third-order valence-corrected chi connectivity index (χ3v) is 2.59. The second kappa shape index (κ2) is 3.30.